The number of hydrogen-bond acceptors (Lipinski definition) is 3. The minimum atomic E-state index is -3.01. The molecule has 0 aliphatic heterocycles. The van der Waals surface area contributed by atoms with Gasteiger partial charge in [0.05, 0.1) is 0 Å². The van der Waals surface area contributed by atoms with Gasteiger partial charge in [0.25, 0.3) is 0 Å². The van der Waals surface area contributed by atoms with Gasteiger partial charge < -0.3 is 14.8 Å². The normalized spacial score (nSPS) is 15.1. The quantitative estimate of drug-likeness (QED) is 0.778. The van der Waals surface area contributed by atoms with Crippen LogP contribution in [0.5, 0.6) is 11.5 Å². The van der Waals surface area contributed by atoms with Crippen LogP contribution in [-0.4, -0.2) is 19.3 Å². The van der Waals surface area contributed by atoms with Crippen LogP contribution in [0.25, 0.3) is 0 Å². The van der Waals surface area contributed by atoms with Crippen molar-refractivity contribution in [2.45, 2.75) is 38.7 Å². The predicted octanol–water partition coefficient (Wildman–Crippen LogP) is 3.14. The molecule has 0 heterocycles. The molecule has 0 spiro atoms. The van der Waals surface area contributed by atoms with Gasteiger partial charge in [0, 0.05) is 24.2 Å². The third-order valence-electron chi connectivity index (χ3n) is 2.64. The van der Waals surface area contributed by atoms with Crippen LogP contribution < -0.4 is 14.8 Å². The molecule has 1 aliphatic rings. The summed E-state index contributed by atoms with van der Waals surface area (Å²) in [5.41, 5.74) is 0.480. The topological polar surface area (TPSA) is 30.5 Å². The van der Waals surface area contributed by atoms with E-state index in [9.17, 15) is 17.6 Å². The van der Waals surface area contributed by atoms with Gasteiger partial charge in [-0.1, -0.05) is 6.07 Å². The first-order chi connectivity index (χ1) is 9.04. The Morgan fingerprint density at radius 3 is 2.37 bits per heavy atom. The number of ether oxygens (including phenoxy) is 2. The second kappa shape index (κ2) is 6.10. The Hall–Kier alpha value is -1.50. The third-order valence-corrected chi connectivity index (χ3v) is 2.64. The SMILES string of the molecule is FC(F)Oc1ccc(CNC2CC2)c(OC(F)F)c1. The van der Waals surface area contributed by atoms with Gasteiger partial charge in [-0.25, -0.2) is 0 Å². The van der Waals surface area contributed by atoms with Gasteiger partial charge in [-0.05, 0) is 18.9 Å². The summed E-state index contributed by atoms with van der Waals surface area (Å²) in [5.74, 6) is -0.359. The first-order valence-corrected chi connectivity index (χ1v) is 5.80. The van der Waals surface area contributed by atoms with E-state index in [-0.39, 0.29) is 11.5 Å². The Morgan fingerprint density at radius 2 is 1.79 bits per heavy atom. The number of nitrogens with one attached hydrogen (secondary N) is 1. The van der Waals surface area contributed by atoms with Crippen molar-refractivity contribution in [3.8, 4) is 11.5 Å². The number of rotatable bonds is 7. The molecule has 1 aliphatic carbocycles. The van der Waals surface area contributed by atoms with E-state index in [4.69, 9.17) is 0 Å². The fourth-order valence-corrected chi connectivity index (χ4v) is 1.60. The van der Waals surface area contributed by atoms with Crippen molar-refractivity contribution in [1.29, 1.82) is 0 Å². The summed E-state index contributed by atoms with van der Waals surface area (Å²) in [6.45, 7) is -5.67. The van der Waals surface area contributed by atoms with Crippen molar-refractivity contribution < 1.29 is 27.0 Å². The highest BCUT2D eigenvalue weighted by molar-refractivity contribution is 5.40. The van der Waals surface area contributed by atoms with Crippen molar-refractivity contribution in [2.24, 2.45) is 0 Å². The van der Waals surface area contributed by atoms with Gasteiger partial charge in [0.15, 0.2) is 0 Å². The number of alkyl halides is 4. The Labute approximate surface area is 107 Å². The van der Waals surface area contributed by atoms with Crippen LogP contribution in [0.4, 0.5) is 17.6 Å². The molecule has 1 fully saturated rings. The first-order valence-electron chi connectivity index (χ1n) is 5.80. The van der Waals surface area contributed by atoms with E-state index in [0.717, 1.165) is 18.9 Å². The lowest BCUT2D eigenvalue weighted by atomic mass is 10.2. The van der Waals surface area contributed by atoms with Gasteiger partial charge in [-0.15, -0.1) is 0 Å². The summed E-state index contributed by atoms with van der Waals surface area (Å²) in [4.78, 5) is 0. The molecule has 106 valence electrons. The van der Waals surface area contributed by atoms with Crippen LogP contribution in [0.2, 0.25) is 0 Å². The Bertz CT molecular complexity index is 424. The average Bonchev–Trinajstić information content (AvgIpc) is 3.10. The zero-order valence-corrected chi connectivity index (χ0v) is 9.91. The lowest BCUT2D eigenvalue weighted by Gasteiger charge is -2.13. The Balaban J connectivity index is 2.09. The van der Waals surface area contributed by atoms with Gasteiger partial charge in [-0.2, -0.15) is 17.6 Å². The molecule has 0 amide bonds. The summed E-state index contributed by atoms with van der Waals surface area (Å²) < 4.78 is 57.1. The summed E-state index contributed by atoms with van der Waals surface area (Å²) in [5, 5.41) is 3.13. The van der Waals surface area contributed by atoms with Crippen LogP contribution in [0.3, 0.4) is 0 Å². The largest absolute Gasteiger partial charge is 0.435 e. The zero-order chi connectivity index (χ0) is 13.8. The van der Waals surface area contributed by atoms with Crippen molar-refractivity contribution >= 4 is 0 Å². The van der Waals surface area contributed by atoms with E-state index < -0.39 is 13.2 Å². The number of hydrogen-bond donors (Lipinski definition) is 1. The van der Waals surface area contributed by atoms with E-state index in [1.165, 1.54) is 12.1 Å². The Kier molecular flexibility index (Phi) is 4.47. The molecule has 0 saturated heterocycles. The van der Waals surface area contributed by atoms with Crippen LogP contribution in [0.15, 0.2) is 18.2 Å². The molecular formula is C12H13F4NO2. The molecule has 1 N–H and O–H groups in total. The molecule has 7 heteroatoms. The summed E-state index contributed by atoms with van der Waals surface area (Å²) >= 11 is 0. The lowest BCUT2D eigenvalue weighted by Crippen LogP contribution is -2.17. The van der Waals surface area contributed by atoms with Crippen molar-refractivity contribution in [3.05, 3.63) is 23.8 Å². The zero-order valence-electron chi connectivity index (χ0n) is 9.91. The van der Waals surface area contributed by atoms with Crippen molar-refractivity contribution in [3.63, 3.8) is 0 Å². The molecule has 2 rings (SSSR count). The van der Waals surface area contributed by atoms with Crippen LogP contribution in [0, 0.1) is 0 Å². The number of halogens is 4. The maximum Gasteiger partial charge on any atom is 0.387 e. The van der Waals surface area contributed by atoms with E-state index >= 15 is 0 Å². The molecule has 3 nitrogen and oxygen atoms in total. The maximum atomic E-state index is 12.3. The smallest absolute Gasteiger partial charge is 0.387 e. The average molecular weight is 279 g/mol. The molecule has 0 unspecified atom stereocenters. The van der Waals surface area contributed by atoms with Crippen LogP contribution in [0.1, 0.15) is 18.4 Å². The van der Waals surface area contributed by atoms with Gasteiger partial charge in [-0.3, -0.25) is 0 Å². The molecule has 1 saturated carbocycles. The molecule has 0 atom stereocenters. The minimum absolute atomic E-state index is 0.152. The van der Waals surface area contributed by atoms with Crippen LogP contribution >= 0.6 is 0 Å². The highest BCUT2D eigenvalue weighted by Gasteiger charge is 2.21. The molecule has 0 bridgehead atoms. The Morgan fingerprint density at radius 1 is 1.11 bits per heavy atom. The van der Waals surface area contributed by atoms with Crippen molar-refractivity contribution in [1.82, 2.24) is 5.32 Å². The van der Waals surface area contributed by atoms with Gasteiger partial charge in [0.2, 0.25) is 0 Å². The summed E-state index contributed by atoms with van der Waals surface area (Å²) in [6.07, 6.45) is 2.11. The molecule has 1 aromatic carbocycles. The summed E-state index contributed by atoms with van der Waals surface area (Å²) in [6, 6.07) is 4.18. The molecule has 0 aromatic heterocycles. The van der Waals surface area contributed by atoms with Crippen LogP contribution in [-0.2, 0) is 6.54 Å². The van der Waals surface area contributed by atoms with E-state index in [1.807, 2.05) is 0 Å². The fourth-order valence-electron chi connectivity index (χ4n) is 1.60. The van der Waals surface area contributed by atoms with E-state index in [0.29, 0.717) is 18.2 Å². The van der Waals surface area contributed by atoms with Gasteiger partial charge >= 0.3 is 13.2 Å². The number of benzene rings is 1. The molecule has 0 radical (unpaired) electrons. The standard InChI is InChI=1S/C12H13F4NO2/c13-11(14)18-9-4-1-7(6-17-8-2-3-8)10(5-9)19-12(15)16/h1,4-5,8,11-12,17H,2-3,6H2. The highest BCUT2D eigenvalue weighted by atomic mass is 19.3. The fraction of sp³-hybridized carbons (Fsp3) is 0.500. The van der Waals surface area contributed by atoms with Gasteiger partial charge in [0.1, 0.15) is 11.5 Å². The minimum Gasteiger partial charge on any atom is -0.435 e. The summed E-state index contributed by atoms with van der Waals surface area (Å²) in [7, 11) is 0. The molecule has 19 heavy (non-hydrogen) atoms. The predicted molar refractivity (Wildman–Crippen MR) is 59.6 cm³/mol. The highest BCUT2D eigenvalue weighted by Crippen LogP contribution is 2.28. The second-order valence-corrected chi connectivity index (χ2v) is 4.18. The third kappa shape index (κ3) is 4.59. The second-order valence-electron chi connectivity index (χ2n) is 4.18. The van der Waals surface area contributed by atoms with E-state index in [2.05, 4.69) is 14.8 Å². The van der Waals surface area contributed by atoms with E-state index in [1.54, 1.807) is 0 Å². The molecular weight excluding hydrogens is 266 g/mol. The molecule has 1 aromatic rings. The first kappa shape index (κ1) is 13.9. The van der Waals surface area contributed by atoms with Crippen molar-refractivity contribution in [2.75, 3.05) is 0 Å². The monoisotopic (exact) mass is 279 g/mol. The lowest BCUT2D eigenvalue weighted by molar-refractivity contribution is -0.0546. The maximum absolute atomic E-state index is 12.3.